The Balaban J connectivity index is 1.87. The predicted molar refractivity (Wildman–Crippen MR) is 120 cm³/mol. The highest BCUT2D eigenvalue weighted by Gasteiger charge is 2.41. The average Bonchev–Trinajstić information content (AvgIpc) is 2.72. The molecule has 0 aliphatic carbocycles. The molecule has 0 aromatic heterocycles. The van der Waals surface area contributed by atoms with E-state index in [-0.39, 0.29) is 5.41 Å². The Morgan fingerprint density at radius 3 is 2.32 bits per heavy atom. The minimum Gasteiger partial charge on any atom is -0.495 e. The van der Waals surface area contributed by atoms with Crippen molar-refractivity contribution in [2.45, 2.75) is 45.6 Å². The van der Waals surface area contributed by atoms with Crippen molar-refractivity contribution >= 4 is 23.4 Å². The Morgan fingerprint density at radius 2 is 1.71 bits per heavy atom. The quantitative estimate of drug-likeness (QED) is 0.653. The van der Waals surface area contributed by atoms with Crippen molar-refractivity contribution in [3.8, 4) is 5.75 Å². The van der Waals surface area contributed by atoms with Gasteiger partial charge in [0.25, 0.3) is 0 Å². The number of hydrogen-bond donors (Lipinski definition) is 2. The van der Waals surface area contributed by atoms with Gasteiger partial charge in [-0.05, 0) is 62.2 Å². The smallest absolute Gasteiger partial charge is 0.338 e. The van der Waals surface area contributed by atoms with Gasteiger partial charge in [0.15, 0.2) is 0 Å². The van der Waals surface area contributed by atoms with Gasteiger partial charge >= 0.3 is 12.0 Å². The highest BCUT2D eigenvalue weighted by Crippen LogP contribution is 2.47. The van der Waals surface area contributed by atoms with Crippen LogP contribution in [0.15, 0.2) is 36.4 Å². The highest BCUT2D eigenvalue weighted by atomic mass is 16.5. The van der Waals surface area contributed by atoms with Crippen molar-refractivity contribution in [1.29, 1.82) is 0 Å². The molecule has 0 spiro atoms. The van der Waals surface area contributed by atoms with Crippen molar-refractivity contribution in [3.05, 3.63) is 53.1 Å². The van der Waals surface area contributed by atoms with E-state index in [0.717, 1.165) is 11.1 Å². The molecule has 0 atom stereocenters. The summed E-state index contributed by atoms with van der Waals surface area (Å²) in [5.41, 5.74) is 2.82. The molecule has 31 heavy (non-hydrogen) atoms. The van der Waals surface area contributed by atoms with Crippen LogP contribution in [0, 0.1) is 0 Å². The van der Waals surface area contributed by atoms with Crippen LogP contribution in [0.2, 0.25) is 0 Å². The maximum absolute atomic E-state index is 12.8. The summed E-state index contributed by atoms with van der Waals surface area (Å²) in [6.07, 6.45) is 0. The number of rotatable bonds is 5. The molecule has 2 N–H and O–H groups in total. The Hall–Kier alpha value is -3.06. The maximum Gasteiger partial charge on any atom is 0.338 e. The van der Waals surface area contributed by atoms with Crippen LogP contribution in [0.4, 0.5) is 16.2 Å². The molecule has 166 valence electrons. The van der Waals surface area contributed by atoms with Crippen molar-refractivity contribution in [3.63, 3.8) is 0 Å². The number of carbonyl (C=O) groups is 2. The van der Waals surface area contributed by atoms with Gasteiger partial charge in [0.05, 0.1) is 37.2 Å². The van der Waals surface area contributed by atoms with Gasteiger partial charge in [-0.25, -0.2) is 9.59 Å². The van der Waals surface area contributed by atoms with E-state index in [2.05, 4.69) is 24.5 Å². The number of methoxy groups -OCH3 is 1. The summed E-state index contributed by atoms with van der Waals surface area (Å²) < 4.78 is 16.6. The maximum atomic E-state index is 12.8. The SMILES string of the molecule is CCOC(=O)c1ccc(NC(=O)Nc2c(OC)ccc3c2C(C)(C)COC3(C)C)cc1. The second kappa shape index (κ2) is 8.59. The molecule has 1 aliphatic heterocycles. The lowest BCUT2D eigenvalue weighted by Gasteiger charge is -2.43. The Bertz CT molecular complexity index is 980. The molecule has 0 bridgehead atoms. The second-order valence-electron chi connectivity index (χ2n) is 8.63. The van der Waals surface area contributed by atoms with E-state index in [1.165, 1.54) is 0 Å². The number of hydrogen-bond acceptors (Lipinski definition) is 5. The average molecular weight is 427 g/mol. The van der Waals surface area contributed by atoms with E-state index in [4.69, 9.17) is 14.2 Å². The normalized spacial score (nSPS) is 16.1. The molecule has 3 rings (SSSR count). The molecule has 0 radical (unpaired) electrons. The molecule has 1 aliphatic rings. The number of nitrogens with one attached hydrogen (secondary N) is 2. The van der Waals surface area contributed by atoms with Crippen LogP contribution in [0.1, 0.15) is 56.1 Å². The Kier molecular flexibility index (Phi) is 6.27. The predicted octanol–water partition coefficient (Wildman–Crippen LogP) is 5.06. The van der Waals surface area contributed by atoms with Gasteiger partial charge in [0.1, 0.15) is 5.75 Å². The molecular weight excluding hydrogens is 396 g/mol. The molecule has 0 unspecified atom stereocenters. The van der Waals surface area contributed by atoms with E-state index >= 15 is 0 Å². The molecule has 0 fully saturated rings. The van der Waals surface area contributed by atoms with Gasteiger partial charge in [-0.3, -0.25) is 0 Å². The molecule has 7 heteroatoms. The van der Waals surface area contributed by atoms with Crippen molar-refractivity contribution in [1.82, 2.24) is 0 Å². The van der Waals surface area contributed by atoms with Crippen LogP contribution in [0.25, 0.3) is 0 Å². The van der Waals surface area contributed by atoms with Crippen LogP contribution >= 0.6 is 0 Å². The van der Waals surface area contributed by atoms with E-state index in [9.17, 15) is 9.59 Å². The third-order valence-electron chi connectivity index (χ3n) is 5.40. The van der Waals surface area contributed by atoms with Crippen molar-refractivity contribution in [2.75, 3.05) is 31.0 Å². The van der Waals surface area contributed by atoms with E-state index in [1.807, 2.05) is 26.0 Å². The molecule has 0 saturated carbocycles. The summed E-state index contributed by atoms with van der Waals surface area (Å²) in [5, 5.41) is 5.77. The topological polar surface area (TPSA) is 85.9 Å². The molecular formula is C24H30N2O5. The fourth-order valence-corrected chi connectivity index (χ4v) is 3.77. The molecule has 2 aromatic carbocycles. The lowest BCUT2D eigenvalue weighted by Crippen LogP contribution is -2.41. The number of esters is 1. The number of amides is 2. The van der Waals surface area contributed by atoms with Crippen LogP contribution in [0.3, 0.4) is 0 Å². The number of ether oxygens (including phenoxy) is 3. The van der Waals surface area contributed by atoms with Gasteiger partial charge in [0.2, 0.25) is 0 Å². The van der Waals surface area contributed by atoms with Crippen LogP contribution in [-0.2, 0) is 20.5 Å². The standard InChI is InChI=1S/C24H30N2O5/c1-7-30-21(27)15-8-10-16(11-9-15)25-22(28)26-20-18(29-6)13-12-17-19(20)23(2,3)14-31-24(17,4)5/h8-13H,7,14H2,1-6H3,(H2,25,26,28). The first-order chi connectivity index (χ1) is 14.6. The minimum atomic E-state index is -0.479. The van der Waals surface area contributed by atoms with Gasteiger partial charge in [-0.1, -0.05) is 19.9 Å². The molecule has 1 heterocycles. The summed E-state index contributed by atoms with van der Waals surface area (Å²) in [4.78, 5) is 24.6. The molecule has 2 aromatic rings. The number of benzene rings is 2. The number of fused-ring (bicyclic) bond motifs is 1. The zero-order chi connectivity index (χ0) is 22.8. The summed E-state index contributed by atoms with van der Waals surface area (Å²) >= 11 is 0. The van der Waals surface area contributed by atoms with Crippen LogP contribution in [0.5, 0.6) is 5.75 Å². The van der Waals surface area contributed by atoms with E-state index < -0.39 is 17.6 Å². The molecule has 7 nitrogen and oxygen atoms in total. The van der Waals surface area contributed by atoms with Gasteiger partial charge in [-0.15, -0.1) is 0 Å². The van der Waals surface area contributed by atoms with Crippen LogP contribution in [-0.4, -0.2) is 32.3 Å². The first-order valence-electron chi connectivity index (χ1n) is 10.3. The summed E-state index contributed by atoms with van der Waals surface area (Å²) in [6, 6.07) is 9.97. The first kappa shape index (κ1) is 22.6. The summed E-state index contributed by atoms with van der Waals surface area (Å²) in [6.45, 7) is 10.8. The van der Waals surface area contributed by atoms with Crippen molar-refractivity contribution < 1.29 is 23.8 Å². The summed E-state index contributed by atoms with van der Waals surface area (Å²) in [7, 11) is 1.58. The Morgan fingerprint density at radius 1 is 1.03 bits per heavy atom. The number of carbonyl (C=O) groups excluding carboxylic acids is 2. The van der Waals surface area contributed by atoms with Crippen LogP contribution < -0.4 is 15.4 Å². The van der Waals surface area contributed by atoms with Gasteiger partial charge < -0.3 is 24.8 Å². The van der Waals surface area contributed by atoms with E-state index in [0.29, 0.717) is 35.9 Å². The zero-order valence-corrected chi connectivity index (χ0v) is 18.9. The largest absolute Gasteiger partial charge is 0.495 e. The van der Waals surface area contributed by atoms with Crippen molar-refractivity contribution in [2.24, 2.45) is 0 Å². The number of urea groups is 1. The Labute approximate surface area is 183 Å². The lowest BCUT2D eigenvalue weighted by molar-refractivity contribution is -0.0585. The monoisotopic (exact) mass is 426 g/mol. The fraction of sp³-hybridized carbons (Fsp3) is 0.417. The first-order valence-corrected chi connectivity index (χ1v) is 10.3. The summed E-state index contributed by atoms with van der Waals surface area (Å²) in [5.74, 6) is 0.184. The van der Waals surface area contributed by atoms with Gasteiger partial charge in [-0.2, -0.15) is 0 Å². The molecule has 2 amide bonds. The zero-order valence-electron chi connectivity index (χ0n) is 18.9. The third-order valence-corrected chi connectivity index (χ3v) is 5.40. The van der Waals surface area contributed by atoms with E-state index in [1.54, 1.807) is 38.3 Å². The van der Waals surface area contributed by atoms with Gasteiger partial charge in [0, 0.05) is 11.1 Å². The molecule has 0 saturated heterocycles. The minimum absolute atomic E-state index is 0.308. The second-order valence-corrected chi connectivity index (χ2v) is 8.63. The third kappa shape index (κ3) is 4.66. The number of anilines is 2. The fourth-order valence-electron chi connectivity index (χ4n) is 3.77. The lowest BCUT2D eigenvalue weighted by atomic mass is 9.74. The highest BCUT2D eigenvalue weighted by molar-refractivity contribution is 6.02.